The van der Waals surface area contributed by atoms with Gasteiger partial charge in [0, 0.05) is 13.1 Å². The van der Waals surface area contributed by atoms with Gasteiger partial charge in [0.05, 0.1) is 6.10 Å². The van der Waals surface area contributed by atoms with Crippen molar-refractivity contribution in [1.82, 2.24) is 4.90 Å². The number of ether oxygens (including phenoxy) is 1. The first kappa shape index (κ1) is 13.6. The zero-order valence-corrected chi connectivity index (χ0v) is 11.7. The molecule has 0 aromatic heterocycles. The van der Waals surface area contributed by atoms with Crippen molar-refractivity contribution < 1.29 is 20.1 Å². The van der Waals surface area contributed by atoms with E-state index in [1.54, 1.807) is 0 Å². The average Bonchev–Trinajstić information content (AvgIpc) is 2.74. The van der Waals surface area contributed by atoms with Gasteiger partial charge in [-0.1, -0.05) is 18.7 Å². The molecule has 0 aromatic carbocycles. The largest absolute Gasteiger partial charge is 0.390 e. The number of thioether (sulfide) groups is 1. The molecule has 0 aromatic rings. The Morgan fingerprint density at radius 1 is 1.42 bits per heavy atom. The van der Waals surface area contributed by atoms with Crippen LogP contribution in [0.2, 0.25) is 0 Å². The molecule has 2 fully saturated rings. The van der Waals surface area contributed by atoms with Crippen molar-refractivity contribution in [3.63, 3.8) is 0 Å². The number of hydrogen-bond acceptors (Lipinski definition) is 7. The lowest BCUT2D eigenvalue weighted by Crippen LogP contribution is -2.58. The predicted molar refractivity (Wildman–Crippen MR) is 72.0 cm³/mol. The Kier molecular flexibility index (Phi) is 3.74. The van der Waals surface area contributed by atoms with E-state index in [0.717, 1.165) is 24.7 Å². The van der Waals surface area contributed by atoms with Crippen molar-refractivity contribution in [2.45, 2.75) is 55.7 Å². The van der Waals surface area contributed by atoms with Crippen molar-refractivity contribution in [1.29, 1.82) is 0 Å². The molecule has 0 amide bonds. The summed E-state index contributed by atoms with van der Waals surface area (Å²) in [6, 6.07) is -0.434. The first-order chi connectivity index (χ1) is 9.11. The standard InChI is InChI=1S/C12H20N2O4S/c1-2-6(15)10-9(17)8(16)7-11(18-10)19-12(13-7)14-4-3-5-14/h6-11,15-17H,2-5H2,1H3/t6-,7?,8?,9?,10?,11?/m0/s1. The molecular weight excluding hydrogens is 268 g/mol. The van der Waals surface area contributed by atoms with Crippen LogP contribution in [0.1, 0.15) is 19.8 Å². The first-order valence-electron chi connectivity index (χ1n) is 6.81. The zero-order valence-electron chi connectivity index (χ0n) is 10.8. The minimum atomic E-state index is -1.09. The van der Waals surface area contributed by atoms with Crippen LogP contribution in [0.5, 0.6) is 0 Å². The first-order valence-corrected chi connectivity index (χ1v) is 7.69. The highest BCUT2D eigenvalue weighted by molar-refractivity contribution is 8.14. The van der Waals surface area contributed by atoms with Crippen molar-refractivity contribution in [3.05, 3.63) is 0 Å². The van der Waals surface area contributed by atoms with E-state index < -0.39 is 30.5 Å². The molecular formula is C12H20N2O4S. The molecule has 7 heteroatoms. The fourth-order valence-electron chi connectivity index (χ4n) is 2.58. The van der Waals surface area contributed by atoms with E-state index in [0.29, 0.717) is 6.42 Å². The number of nitrogens with zero attached hydrogens (tertiary/aromatic N) is 2. The maximum atomic E-state index is 10.2. The Hall–Kier alpha value is -0.340. The van der Waals surface area contributed by atoms with Crippen LogP contribution in [0.15, 0.2) is 4.99 Å². The number of rotatable bonds is 2. The van der Waals surface area contributed by atoms with Gasteiger partial charge < -0.3 is 25.0 Å². The van der Waals surface area contributed by atoms with Crippen LogP contribution in [0, 0.1) is 0 Å². The number of fused-ring (bicyclic) bond motifs is 1. The molecule has 3 heterocycles. The van der Waals surface area contributed by atoms with Crippen molar-refractivity contribution in [3.8, 4) is 0 Å². The predicted octanol–water partition coefficient (Wildman–Crippen LogP) is -0.619. The summed E-state index contributed by atoms with van der Waals surface area (Å²) >= 11 is 1.49. The van der Waals surface area contributed by atoms with E-state index in [2.05, 4.69) is 9.89 Å². The number of aliphatic imine (C=N–C) groups is 1. The summed E-state index contributed by atoms with van der Waals surface area (Å²) in [5, 5.41) is 31.0. The van der Waals surface area contributed by atoms with Gasteiger partial charge in [-0.05, 0) is 12.8 Å². The molecule has 19 heavy (non-hydrogen) atoms. The highest BCUT2D eigenvalue weighted by Gasteiger charge is 2.50. The molecule has 2 saturated heterocycles. The molecule has 0 bridgehead atoms. The quantitative estimate of drug-likeness (QED) is 0.628. The highest BCUT2D eigenvalue weighted by atomic mass is 32.2. The lowest BCUT2D eigenvalue weighted by atomic mass is 9.94. The molecule has 0 radical (unpaired) electrons. The van der Waals surface area contributed by atoms with E-state index in [4.69, 9.17) is 4.74 Å². The van der Waals surface area contributed by atoms with E-state index in [9.17, 15) is 15.3 Å². The zero-order chi connectivity index (χ0) is 13.6. The van der Waals surface area contributed by atoms with Gasteiger partial charge in [0.1, 0.15) is 29.8 Å². The second-order valence-corrected chi connectivity index (χ2v) is 6.35. The molecule has 3 N–H and O–H groups in total. The second kappa shape index (κ2) is 5.21. The molecule has 3 rings (SSSR count). The summed E-state index contributed by atoms with van der Waals surface area (Å²) in [4.78, 5) is 6.62. The maximum Gasteiger partial charge on any atom is 0.162 e. The Labute approximate surface area is 116 Å². The third-order valence-electron chi connectivity index (χ3n) is 4.01. The minimum absolute atomic E-state index is 0.305. The van der Waals surface area contributed by atoms with Crippen LogP contribution in [-0.4, -0.2) is 74.4 Å². The van der Waals surface area contributed by atoms with E-state index in [-0.39, 0.29) is 5.44 Å². The second-order valence-electron chi connectivity index (χ2n) is 5.29. The van der Waals surface area contributed by atoms with Crippen LogP contribution in [0.4, 0.5) is 0 Å². The normalized spacial score (nSPS) is 43.5. The fourth-order valence-corrected chi connectivity index (χ4v) is 3.85. The number of aliphatic hydroxyl groups excluding tert-OH is 3. The summed E-state index contributed by atoms with van der Waals surface area (Å²) in [7, 11) is 0. The molecule has 5 unspecified atom stereocenters. The Morgan fingerprint density at radius 2 is 2.16 bits per heavy atom. The van der Waals surface area contributed by atoms with Crippen LogP contribution < -0.4 is 0 Å². The number of amidine groups is 1. The van der Waals surface area contributed by atoms with Crippen LogP contribution >= 0.6 is 11.8 Å². The van der Waals surface area contributed by atoms with Gasteiger partial charge >= 0.3 is 0 Å². The van der Waals surface area contributed by atoms with Gasteiger partial charge in [0.15, 0.2) is 5.17 Å². The number of aliphatic hydroxyl groups is 3. The highest BCUT2D eigenvalue weighted by Crippen LogP contribution is 2.39. The van der Waals surface area contributed by atoms with E-state index >= 15 is 0 Å². The summed E-state index contributed by atoms with van der Waals surface area (Å²) in [6.45, 7) is 3.80. The lowest BCUT2D eigenvalue weighted by Gasteiger charge is -2.40. The third kappa shape index (κ3) is 2.27. The molecule has 6 atom stereocenters. The summed E-state index contributed by atoms with van der Waals surface area (Å²) in [5.41, 5.74) is -0.305. The van der Waals surface area contributed by atoms with Crippen molar-refractivity contribution in [2.24, 2.45) is 4.99 Å². The molecule has 108 valence electrons. The molecule has 0 saturated carbocycles. The lowest BCUT2D eigenvalue weighted by molar-refractivity contribution is -0.185. The molecule has 3 aliphatic heterocycles. The van der Waals surface area contributed by atoms with Crippen molar-refractivity contribution >= 4 is 16.9 Å². The van der Waals surface area contributed by atoms with Gasteiger partial charge in [-0.3, -0.25) is 4.99 Å². The van der Waals surface area contributed by atoms with Gasteiger partial charge in [-0.25, -0.2) is 0 Å². The molecule has 0 spiro atoms. The van der Waals surface area contributed by atoms with Crippen LogP contribution in [-0.2, 0) is 4.74 Å². The third-order valence-corrected chi connectivity index (χ3v) is 5.21. The molecule has 0 aliphatic carbocycles. The van der Waals surface area contributed by atoms with Crippen LogP contribution in [0.25, 0.3) is 0 Å². The molecule has 3 aliphatic rings. The van der Waals surface area contributed by atoms with Crippen LogP contribution in [0.3, 0.4) is 0 Å². The smallest absolute Gasteiger partial charge is 0.162 e. The maximum absolute atomic E-state index is 10.2. The SMILES string of the molecule is CC[C@H](O)C1OC2SC(N3CCC3)=NC2C(O)C1O. The van der Waals surface area contributed by atoms with Gasteiger partial charge in [0.2, 0.25) is 0 Å². The van der Waals surface area contributed by atoms with Gasteiger partial charge in [-0.2, -0.15) is 0 Å². The summed E-state index contributed by atoms with van der Waals surface area (Å²) < 4.78 is 5.76. The summed E-state index contributed by atoms with van der Waals surface area (Å²) in [6.07, 6.45) is -1.92. The summed E-state index contributed by atoms with van der Waals surface area (Å²) in [5.74, 6) is 0. The monoisotopic (exact) mass is 288 g/mol. The van der Waals surface area contributed by atoms with Gasteiger partial charge in [0.25, 0.3) is 0 Å². The molecule has 6 nitrogen and oxygen atoms in total. The van der Waals surface area contributed by atoms with E-state index in [1.807, 2.05) is 6.92 Å². The Morgan fingerprint density at radius 3 is 2.74 bits per heavy atom. The Balaban J connectivity index is 1.73. The van der Waals surface area contributed by atoms with Crippen molar-refractivity contribution in [2.75, 3.05) is 13.1 Å². The Bertz CT molecular complexity index is 377. The fraction of sp³-hybridized carbons (Fsp3) is 0.917. The van der Waals surface area contributed by atoms with Gasteiger partial charge in [-0.15, -0.1) is 0 Å². The average molecular weight is 288 g/mol. The topological polar surface area (TPSA) is 85.5 Å². The van der Waals surface area contributed by atoms with E-state index in [1.165, 1.54) is 11.8 Å². The minimum Gasteiger partial charge on any atom is -0.390 e. The number of hydrogen-bond donors (Lipinski definition) is 3. The number of likely N-dealkylation sites (tertiary alicyclic amines) is 1.